The van der Waals surface area contributed by atoms with E-state index in [2.05, 4.69) is 34.1 Å². The minimum Gasteiger partial charge on any atom is -0.423 e. The fraction of sp³-hybridized carbons (Fsp3) is 0.421. The normalized spacial score (nSPS) is 15.0. The first-order valence-electron chi connectivity index (χ1n) is 9.21. The van der Waals surface area contributed by atoms with E-state index >= 15 is 0 Å². The number of benzene rings is 1. The number of aromatic nitrogens is 3. The van der Waals surface area contributed by atoms with Crippen LogP contribution in [0.5, 0.6) is 0 Å². The fourth-order valence-electron chi connectivity index (χ4n) is 3.32. The second-order valence-corrected chi connectivity index (χ2v) is 7.12. The molecule has 2 amide bonds. The Morgan fingerprint density at radius 1 is 1.19 bits per heavy atom. The van der Waals surface area contributed by atoms with E-state index in [1.54, 1.807) is 4.68 Å². The predicted octanol–water partition coefficient (Wildman–Crippen LogP) is 3.04. The van der Waals surface area contributed by atoms with Crippen molar-refractivity contribution in [2.24, 2.45) is 7.05 Å². The summed E-state index contributed by atoms with van der Waals surface area (Å²) in [5.41, 5.74) is 3.31. The number of aryl methyl sites for hydroxylation is 1. The molecule has 1 saturated heterocycles. The van der Waals surface area contributed by atoms with Gasteiger partial charge in [0, 0.05) is 39.4 Å². The molecule has 1 N–H and O–H groups in total. The summed E-state index contributed by atoms with van der Waals surface area (Å²) in [5, 5.41) is 7.44. The highest BCUT2D eigenvalue weighted by Crippen LogP contribution is 2.24. The number of rotatable bonds is 3. The van der Waals surface area contributed by atoms with Crippen LogP contribution in [0.15, 0.2) is 34.9 Å². The second kappa shape index (κ2) is 6.94. The van der Waals surface area contributed by atoms with E-state index in [1.807, 2.05) is 42.4 Å². The van der Waals surface area contributed by atoms with Crippen molar-refractivity contribution in [1.29, 1.82) is 0 Å². The summed E-state index contributed by atoms with van der Waals surface area (Å²) in [5.74, 6) is 0.248. The van der Waals surface area contributed by atoms with Gasteiger partial charge in [-0.3, -0.25) is 4.68 Å². The van der Waals surface area contributed by atoms with Crippen molar-refractivity contribution < 1.29 is 9.21 Å². The number of nitrogens with zero attached hydrogens (tertiary/aromatic N) is 5. The molecule has 0 saturated carbocycles. The first kappa shape index (κ1) is 17.4. The zero-order chi connectivity index (χ0) is 19.0. The van der Waals surface area contributed by atoms with E-state index in [4.69, 9.17) is 4.42 Å². The molecule has 8 heteroatoms. The molecule has 1 aliphatic heterocycles. The summed E-state index contributed by atoms with van der Waals surface area (Å²) in [6.07, 6.45) is 1.85. The lowest BCUT2D eigenvalue weighted by molar-refractivity contribution is 0.207. The average Bonchev–Trinajstić information content (AvgIpc) is 3.25. The number of nitrogens with one attached hydrogen (secondary N) is 1. The highest BCUT2D eigenvalue weighted by Gasteiger charge is 2.25. The highest BCUT2D eigenvalue weighted by atomic mass is 16.4. The van der Waals surface area contributed by atoms with Crippen LogP contribution in [0.4, 0.5) is 16.5 Å². The Morgan fingerprint density at radius 2 is 1.93 bits per heavy atom. The van der Waals surface area contributed by atoms with Gasteiger partial charge in [-0.2, -0.15) is 10.1 Å². The van der Waals surface area contributed by atoms with Crippen LogP contribution in [0, 0.1) is 0 Å². The van der Waals surface area contributed by atoms with Crippen molar-refractivity contribution in [3.8, 4) is 0 Å². The van der Waals surface area contributed by atoms with Gasteiger partial charge in [0.1, 0.15) is 5.52 Å². The van der Waals surface area contributed by atoms with Gasteiger partial charge in [0.25, 0.3) is 6.01 Å². The number of para-hydroxylation sites is 2. The second-order valence-electron chi connectivity index (χ2n) is 7.12. The molecule has 1 aliphatic rings. The third-order valence-electron chi connectivity index (χ3n) is 4.77. The molecule has 3 heterocycles. The topological polar surface area (TPSA) is 79.4 Å². The maximum Gasteiger partial charge on any atom is 0.322 e. The molecule has 1 aromatic carbocycles. The van der Waals surface area contributed by atoms with Crippen molar-refractivity contribution in [2.75, 3.05) is 36.4 Å². The summed E-state index contributed by atoms with van der Waals surface area (Å²) in [6, 6.07) is 8.25. The number of oxazole rings is 1. The van der Waals surface area contributed by atoms with Gasteiger partial charge in [-0.25, -0.2) is 4.79 Å². The van der Waals surface area contributed by atoms with Crippen LogP contribution in [0.25, 0.3) is 11.1 Å². The Bertz CT molecular complexity index is 919. The zero-order valence-corrected chi connectivity index (χ0v) is 15.8. The van der Waals surface area contributed by atoms with Crippen molar-refractivity contribution in [3.63, 3.8) is 0 Å². The smallest absolute Gasteiger partial charge is 0.322 e. The molecule has 27 heavy (non-hydrogen) atoms. The monoisotopic (exact) mass is 368 g/mol. The van der Waals surface area contributed by atoms with Crippen LogP contribution < -0.4 is 10.2 Å². The minimum absolute atomic E-state index is 0.0953. The fourth-order valence-corrected chi connectivity index (χ4v) is 3.32. The predicted molar refractivity (Wildman–Crippen MR) is 104 cm³/mol. The Hall–Kier alpha value is -3.03. The Labute approximate surface area is 157 Å². The van der Waals surface area contributed by atoms with Gasteiger partial charge in [0.05, 0.1) is 11.4 Å². The van der Waals surface area contributed by atoms with Crippen LogP contribution in [0.1, 0.15) is 25.5 Å². The van der Waals surface area contributed by atoms with E-state index in [1.165, 1.54) is 0 Å². The van der Waals surface area contributed by atoms with Gasteiger partial charge in [-0.1, -0.05) is 26.0 Å². The number of urea groups is 1. The summed E-state index contributed by atoms with van der Waals surface area (Å²) >= 11 is 0. The summed E-state index contributed by atoms with van der Waals surface area (Å²) in [6.45, 7) is 6.73. The summed E-state index contributed by atoms with van der Waals surface area (Å²) in [7, 11) is 1.86. The molecule has 4 rings (SSSR count). The summed E-state index contributed by atoms with van der Waals surface area (Å²) < 4.78 is 7.56. The Kier molecular flexibility index (Phi) is 4.47. The maximum absolute atomic E-state index is 12.7. The molecular weight excluding hydrogens is 344 g/mol. The summed E-state index contributed by atoms with van der Waals surface area (Å²) in [4.78, 5) is 21.1. The number of hydrogen-bond acceptors (Lipinski definition) is 5. The molecule has 0 bridgehead atoms. The van der Waals surface area contributed by atoms with Crippen molar-refractivity contribution in [3.05, 3.63) is 36.2 Å². The highest BCUT2D eigenvalue weighted by molar-refractivity contribution is 5.90. The number of piperazine rings is 1. The lowest BCUT2D eigenvalue weighted by atomic mass is 10.1. The first-order chi connectivity index (χ1) is 13.0. The number of amides is 2. The van der Waals surface area contributed by atoms with E-state index < -0.39 is 0 Å². The van der Waals surface area contributed by atoms with Crippen LogP contribution in [0.3, 0.4) is 0 Å². The van der Waals surface area contributed by atoms with Crippen LogP contribution in [0.2, 0.25) is 0 Å². The van der Waals surface area contributed by atoms with Crippen LogP contribution in [-0.2, 0) is 7.05 Å². The van der Waals surface area contributed by atoms with E-state index in [9.17, 15) is 4.79 Å². The lowest BCUT2D eigenvalue weighted by Gasteiger charge is -2.33. The Balaban J connectivity index is 1.39. The molecule has 8 nitrogen and oxygen atoms in total. The quantitative estimate of drug-likeness (QED) is 0.769. The standard InChI is InChI=1S/C19H24N6O2/c1-13(2)17-15(12-23(3)22-17)20-18(26)24-8-10-25(11-9-24)19-21-14-6-4-5-7-16(14)27-19/h4-7,12-13H,8-11H2,1-3H3,(H,20,26). The van der Waals surface area contributed by atoms with Gasteiger partial charge >= 0.3 is 6.03 Å². The van der Waals surface area contributed by atoms with Gasteiger partial charge < -0.3 is 19.5 Å². The zero-order valence-electron chi connectivity index (χ0n) is 15.8. The maximum atomic E-state index is 12.7. The number of carbonyl (C=O) groups is 1. The molecule has 0 atom stereocenters. The number of carbonyl (C=O) groups excluding carboxylic acids is 1. The first-order valence-corrected chi connectivity index (χ1v) is 9.21. The SMILES string of the molecule is CC(C)c1nn(C)cc1NC(=O)N1CCN(c2nc3ccccc3o2)CC1. The average molecular weight is 368 g/mol. The molecule has 1 fully saturated rings. The van der Waals surface area contributed by atoms with Gasteiger partial charge in [0.15, 0.2) is 5.58 Å². The molecule has 142 valence electrons. The number of fused-ring (bicyclic) bond motifs is 1. The van der Waals surface area contributed by atoms with Crippen LogP contribution in [-0.4, -0.2) is 51.9 Å². The molecule has 0 unspecified atom stereocenters. The van der Waals surface area contributed by atoms with E-state index in [0.717, 1.165) is 22.5 Å². The van der Waals surface area contributed by atoms with E-state index in [-0.39, 0.29) is 11.9 Å². The van der Waals surface area contributed by atoms with Crippen molar-refractivity contribution in [2.45, 2.75) is 19.8 Å². The Morgan fingerprint density at radius 3 is 2.63 bits per heavy atom. The molecule has 3 aromatic rings. The lowest BCUT2D eigenvalue weighted by Crippen LogP contribution is -2.50. The third-order valence-corrected chi connectivity index (χ3v) is 4.77. The van der Waals surface area contributed by atoms with Crippen molar-refractivity contribution >= 4 is 28.8 Å². The third kappa shape index (κ3) is 3.47. The van der Waals surface area contributed by atoms with Crippen LogP contribution >= 0.6 is 0 Å². The minimum atomic E-state index is -0.0953. The molecule has 2 aromatic heterocycles. The van der Waals surface area contributed by atoms with Gasteiger partial charge in [-0.15, -0.1) is 0 Å². The van der Waals surface area contributed by atoms with E-state index in [0.29, 0.717) is 32.2 Å². The molecule has 0 radical (unpaired) electrons. The number of anilines is 2. The van der Waals surface area contributed by atoms with Gasteiger partial charge in [-0.05, 0) is 18.1 Å². The van der Waals surface area contributed by atoms with Gasteiger partial charge in [0.2, 0.25) is 0 Å². The number of hydrogen-bond donors (Lipinski definition) is 1. The largest absolute Gasteiger partial charge is 0.423 e. The molecule has 0 aliphatic carbocycles. The van der Waals surface area contributed by atoms with Crippen molar-refractivity contribution in [1.82, 2.24) is 19.7 Å². The molecular formula is C19H24N6O2. The molecule has 0 spiro atoms.